The normalized spacial score (nSPS) is 14.3. The number of amides is 2. The fourth-order valence-corrected chi connectivity index (χ4v) is 3.02. The molecule has 1 fully saturated rings. The molecule has 1 saturated heterocycles. The third kappa shape index (κ3) is 4.11. The van der Waals surface area contributed by atoms with E-state index < -0.39 is 0 Å². The Morgan fingerprint density at radius 3 is 2.27 bits per heavy atom. The summed E-state index contributed by atoms with van der Waals surface area (Å²) in [5.74, 6) is 0.323. The van der Waals surface area contributed by atoms with Gasteiger partial charge in [0.25, 0.3) is 5.91 Å². The van der Waals surface area contributed by atoms with E-state index in [4.69, 9.17) is 11.6 Å². The molecular weight excluding hydrogens is 354 g/mol. The van der Waals surface area contributed by atoms with Crippen molar-refractivity contribution in [1.29, 1.82) is 0 Å². The molecule has 1 N–H and O–H groups in total. The summed E-state index contributed by atoms with van der Waals surface area (Å²) in [6.07, 6.45) is 3.03. The topological polar surface area (TPSA) is 78.4 Å². The number of carbonyl (C=O) groups is 2. The van der Waals surface area contributed by atoms with Crippen LogP contribution >= 0.6 is 11.6 Å². The first-order chi connectivity index (χ1) is 12.4. The van der Waals surface area contributed by atoms with Crippen molar-refractivity contribution in [2.75, 3.05) is 31.5 Å². The summed E-state index contributed by atoms with van der Waals surface area (Å²) in [7, 11) is 0. The molecule has 0 atom stereocenters. The zero-order valence-corrected chi connectivity index (χ0v) is 15.5. The van der Waals surface area contributed by atoms with E-state index in [1.165, 1.54) is 12.4 Å². The molecule has 8 heteroatoms. The predicted octanol–water partition coefficient (Wildman–Crippen LogP) is 2.49. The lowest BCUT2D eigenvalue weighted by Gasteiger charge is -2.34. The van der Waals surface area contributed by atoms with Crippen LogP contribution in [0.2, 0.25) is 5.02 Å². The lowest BCUT2D eigenvalue weighted by Crippen LogP contribution is -2.50. The number of halogens is 1. The molecule has 3 rings (SSSR count). The molecule has 0 bridgehead atoms. The Kier molecular flexibility index (Phi) is 5.37. The van der Waals surface area contributed by atoms with Crippen LogP contribution in [-0.4, -0.2) is 57.8 Å². The number of nitrogens with zero attached hydrogens (tertiary/aromatic N) is 4. The third-order valence-corrected chi connectivity index (χ3v) is 4.58. The van der Waals surface area contributed by atoms with Crippen molar-refractivity contribution in [1.82, 2.24) is 19.8 Å². The molecule has 2 amide bonds. The van der Waals surface area contributed by atoms with E-state index in [0.717, 1.165) is 11.3 Å². The summed E-state index contributed by atoms with van der Waals surface area (Å²) in [5.41, 5.74) is 2.26. The van der Waals surface area contributed by atoms with E-state index in [2.05, 4.69) is 15.3 Å². The minimum atomic E-state index is -0.123. The van der Waals surface area contributed by atoms with E-state index in [9.17, 15) is 9.59 Å². The van der Waals surface area contributed by atoms with Crippen molar-refractivity contribution in [2.24, 2.45) is 0 Å². The van der Waals surface area contributed by atoms with Gasteiger partial charge >= 0.3 is 0 Å². The number of anilines is 2. The van der Waals surface area contributed by atoms with Crippen molar-refractivity contribution in [2.45, 2.75) is 13.8 Å². The maximum atomic E-state index is 12.5. The molecule has 7 nitrogen and oxygen atoms in total. The monoisotopic (exact) mass is 373 g/mol. The molecule has 26 heavy (non-hydrogen) atoms. The molecule has 0 aliphatic carbocycles. The van der Waals surface area contributed by atoms with Crippen molar-refractivity contribution in [3.63, 3.8) is 0 Å². The Bertz CT molecular complexity index is 817. The molecule has 1 aromatic carbocycles. The molecule has 0 spiro atoms. The van der Waals surface area contributed by atoms with Crippen LogP contribution in [0.25, 0.3) is 0 Å². The van der Waals surface area contributed by atoms with Crippen LogP contribution in [0.5, 0.6) is 0 Å². The van der Waals surface area contributed by atoms with Crippen LogP contribution in [-0.2, 0) is 4.79 Å². The number of aromatic nitrogens is 2. The van der Waals surface area contributed by atoms with Crippen molar-refractivity contribution < 1.29 is 9.59 Å². The lowest BCUT2D eigenvalue weighted by atomic mass is 10.2. The van der Waals surface area contributed by atoms with Gasteiger partial charge in [-0.1, -0.05) is 11.6 Å². The number of piperazine rings is 1. The average molecular weight is 374 g/mol. The Morgan fingerprint density at radius 2 is 1.69 bits per heavy atom. The van der Waals surface area contributed by atoms with Crippen molar-refractivity contribution in [3.8, 4) is 0 Å². The maximum absolute atomic E-state index is 12.5. The second-order valence-corrected chi connectivity index (χ2v) is 6.61. The second kappa shape index (κ2) is 7.70. The zero-order chi connectivity index (χ0) is 18.7. The van der Waals surface area contributed by atoms with Crippen LogP contribution in [0.4, 0.5) is 11.6 Å². The molecule has 2 aromatic rings. The first-order valence-electron chi connectivity index (χ1n) is 8.34. The second-order valence-electron chi connectivity index (χ2n) is 6.18. The average Bonchev–Trinajstić information content (AvgIpc) is 2.64. The molecule has 1 aliphatic rings. The highest BCUT2D eigenvalue weighted by Gasteiger charge is 2.23. The van der Waals surface area contributed by atoms with Gasteiger partial charge in [-0.05, 0) is 30.7 Å². The summed E-state index contributed by atoms with van der Waals surface area (Å²) in [6, 6.07) is 5.49. The predicted molar refractivity (Wildman–Crippen MR) is 99.7 cm³/mol. The molecule has 136 valence electrons. The largest absolute Gasteiger partial charge is 0.339 e. The summed E-state index contributed by atoms with van der Waals surface area (Å²) in [6.45, 7) is 5.62. The van der Waals surface area contributed by atoms with E-state index in [1.807, 2.05) is 19.1 Å². The van der Waals surface area contributed by atoms with Crippen LogP contribution in [0, 0.1) is 6.92 Å². The van der Waals surface area contributed by atoms with Gasteiger partial charge in [0.1, 0.15) is 0 Å². The van der Waals surface area contributed by atoms with Gasteiger partial charge in [0.05, 0.1) is 5.56 Å². The van der Waals surface area contributed by atoms with Gasteiger partial charge in [-0.15, -0.1) is 0 Å². The quantitative estimate of drug-likeness (QED) is 0.894. The number of benzene rings is 1. The van der Waals surface area contributed by atoms with E-state index in [-0.39, 0.29) is 11.8 Å². The van der Waals surface area contributed by atoms with Gasteiger partial charge in [-0.25, -0.2) is 9.97 Å². The van der Waals surface area contributed by atoms with Crippen LogP contribution < -0.4 is 5.32 Å². The van der Waals surface area contributed by atoms with Gasteiger partial charge in [0, 0.05) is 56.2 Å². The van der Waals surface area contributed by atoms with E-state index in [0.29, 0.717) is 42.7 Å². The Morgan fingerprint density at radius 1 is 1.08 bits per heavy atom. The molecule has 0 saturated carbocycles. The molecule has 1 aliphatic heterocycles. The highest BCUT2D eigenvalue weighted by atomic mass is 35.5. The number of carbonyl (C=O) groups excluding carboxylic acids is 2. The minimum Gasteiger partial charge on any atom is -0.339 e. The smallest absolute Gasteiger partial charge is 0.257 e. The fraction of sp³-hybridized carbons (Fsp3) is 0.333. The van der Waals surface area contributed by atoms with Crippen molar-refractivity contribution in [3.05, 3.63) is 46.7 Å². The highest BCUT2D eigenvalue weighted by Crippen LogP contribution is 2.22. The van der Waals surface area contributed by atoms with Crippen molar-refractivity contribution >= 4 is 35.1 Å². The summed E-state index contributed by atoms with van der Waals surface area (Å²) in [5, 5.41) is 3.78. The van der Waals surface area contributed by atoms with Crippen LogP contribution in [0.1, 0.15) is 22.8 Å². The SMILES string of the molecule is CC(=O)N1CCN(C(=O)c2cnc(Nc3ccc(Cl)cc3C)nc2)CC1. The number of nitrogens with one attached hydrogen (secondary N) is 1. The van der Waals surface area contributed by atoms with Gasteiger partial charge < -0.3 is 15.1 Å². The number of aryl methyl sites for hydroxylation is 1. The number of rotatable bonds is 3. The van der Waals surface area contributed by atoms with Gasteiger partial charge in [-0.3, -0.25) is 9.59 Å². The first kappa shape index (κ1) is 18.1. The molecule has 0 radical (unpaired) electrons. The van der Waals surface area contributed by atoms with Crippen LogP contribution in [0.15, 0.2) is 30.6 Å². The van der Waals surface area contributed by atoms with Gasteiger partial charge in [0.2, 0.25) is 11.9 Å². The Balaban J connectivity index is 1.64. The summed E-state index contributed by atoms with van der Waals surface area (Å²) >= 11 is 5.95. The lowest BCUT2D eigenvalue weighted by molar-refractivity contribution is -0.130. The molecule has 1 aromatic heterocycles. The van der Waals surface area contributed by atoms with Gasteiger partial charge in [0.15, 0.2) is 0 Å². The zero-order valence-electron chi connectivity index (χ0n) is 14.7. The fourth-order valence-electron chi connectivity index (χ4n) is 2.80. The van der Waals surface area contributed by atoms with Gasteiger partial charge in [-0.2, -0.15) is 0 Å². The number of hydrogen-bond donors (Lipinski definition) is 1. The van der Waals surface area contributed by atoms with E-state index >= 15 is 0 Å². The number of hydrogen-bond acceptors (Lipinski definition) is 5. The standard InChI is InChI=1S/C18H20ClN5O2/c1-12-9-15(19)3-4-16(12)22-18-20-10-14(11-21-18)17(26)24-7-5-23(6-8-24)13(2)25/h3-4,9-11H,5-8H2,1-2H3,(H,20,21,22). The Labute approximate surface area is 157 Å². The van der Waals surface area contributed by atoms with Crippen LogP contribution in [0.3, 0.4) is 0 Å². The minimum absolute atomic E-state index is 0.0355. The molecule has 2 heterocycles. The third-order valence-electron chi connectivity index (χ3n) is 4.35. The highest BCUT2D eigenvalue weighted by molar-refractivity contribution is 6.30. The first-order valence-corrected chi connectivity index (χ1v) is 8.72. The summed E-state index contributed by atoms with van der Waals surface area (Å²) < 4.78 is 0. The summed E-state index contributed by atoms with van der Waals surface area (Å²) in [4.78, 5) is 35.8. The van der Waals surface area contributed by atoms with E-state index in [1.54, 1.807) is 22.8 Å². The molecular formula is C18H20ClN5O2. The maximum Gasteiger partial charge on any atom is 0.257 e. The Hall–Kier alpha value is -2.67. The molecule has 0 unspecified atom stereocenters.